The SMILES string of the molecule is Cn1cccc1C(=O)OC1CC=C(Br)CC1. The van der Waals surface area contributed by atoms with Crippen LogP contribution in [0, 0.1) is 0 Å². The van der Waals surface area contributed by atoms with E-state index in [-0.39, 0.29) is 12.1 Å². The molecule has 3 nitrogen and oxygen atoms in total. The molecule has 0 bridgehead atoms. The van der Waals surface area contributed by atoms with Gasteiger partial charge in [-0.3, -0.25) is 0 Å². The minimum Gasteiger partial charge on any atom is -0.457 e. The van der Waals surface area contributed by atoms with Crippen LogP contribution in [0.15, 0.2) is 28.9 Å². The van der Waals surface area contributed by atoms with E-state index in [2.05, 4.69) is 22.0 Å². The van der Waals surface area contributed by atoms with E-state index in [4.69, 9.17) is 4.74 Å². The van der Waals surface area contributed by atoms with Gasteiger partial charge in [-0.05, 0) is 29.5 Å². The summed E-state index contributed by atoms with van der Waals surface area (Å²) in [6.07, 6.45) is 6.58. The third-order valence-electron chi connectivity index (χ3n) is 2.73. The van der Waals surface area contributed by atoms with Crippen molar-refractivity contribution in [2.24, 2.45) is 7.05 Å². The average molecular weight is 284 g/mol. The molecule has 1 aromatic rings. The van der Waals surface area contributed by atoms with Gasteiger partial charge < -0.3 is 9.30 Å². The van der Waals surface area contributed by atoms with Gasteiger partial charge in [-0.25, -0.2) is 4.79 Å². The molecule has 1 aliphatic carbocycles. The summed E-state index contributed by atoms with van der Waals surface area (Å²) >= 11 is 3.45. The molecule has 0 saturated heterocycles. The molecule has 1 aromatic heterocycles. The van der Waals surface area contributed by atoms with Gasteiger partial charge >= 0.3 is 5.97 Å². The van der Waals surface area contributed by atoms with Gasteiger partial charge in [0.15, 0.2) is 0 Å². The molecule has 1 atom stereocenters. The lowest BCUT2D eigenvalue weighted by atomic mass is 10.0. The van der Waals surface area contributed by atoms with E-state index in [1.807, 2.05) is 19.3 Å². The summed E-state index contributed by atoms with van der Waals surface area (Å²) in [5.41, 5.74) is 0.605. The number of rotatable bonds is 2. The topological polar surface area (TPSA) is 31.2 Å². The molecule has 0 radical (unpaired) electrons. The van der Waals surface area contributed by atoms with E-state index in [1.54, 1.807) is 10.6 Å². The summed E-state index contributed by atoms with van der Waals surface area (Å²) in [7, 11) is 1.84. The molecule has 1 heterocycles. The van der Waals surface area contributed by atoms with E-state index in [1.165, 1.54) is 4.48 Å². The number of aryl methyl sites for hydroxylation is 1. The third-order valence-corrected chi connectivity index (χ3v) is 3.45. The Balaban J connectivity index is 1.96. The fourth-order valence-electron chi connectivity index (χ4n) is 1.77. The number of nitrogens with zero attached hydrogens (tertiary/aromatic N) is 1. The van der Waals surface area contributed by atoms with Gasteiger partial charge in [-0.1, -0.05) is 22.0 Å². The van der Waals surface area contributed by atoms with Crippen molar-refractivity contribution in [1.82, 2.24) is 4.57 Å². The fourth-order valence-corrected chi connectivity index (χ4v) is 2.19. The van der Waals surface area contributed by atoms with Crippen LogP contribution in [0.4, 0.5) is 0 Å². The maximum absolute atomic E-state index is 11.8. The zero-order valence-corrected chi connectivity index (χ0v) is 10.7. The number of hydrogen-bond donors (Lipinski definition) is 0. The smallest absolute Gasteiger partial charge is 0.355 e. The van der Waals surface area contributed by atoms with Crippen LogP contribution >= 0.6 is 15.9 Å². The molecular formula is C12H14BrNO2. The maximum atomic E-state index is 11.8. The number of halogens is 1. The van der Waals surface area contributed by atoms with Crippen LogP contribution in [0.1, 0.15) is 29.8 Å². The lowest BCUT2D eigenvalue weighted by molar-refractivity contribution is 0.0271. The molecule has 0 saturated carbocycles. The normalized spacial score (nSPS) is 20.4. The van der Waals surface area contributed by atoms with Crippen molar-refractivity contribution in [1.29, 1.82) is 0 Å². The third kappa shape index (κ3) is 2.55. The molecule has 0 aromatic carbocycles. The first-order valence-electron chi connectivity index (χ1n) is 5.33. The van der Waals surface area contributed by atoms with Crippen molar-refractivity contribution in [2.45, 2.75) is 25.4 Å². The fraction of sp³-hybridized carbons (Fsp3) is 0.417. The number of hydrogen-bond acceptors (Lipinski definition) is 2. The Bertz CT molecular complexity index is 422. The summed E-state index contributed by atoms with van der Waals surface area (Å²) in [5, 5.41) is 0. The minimum atomic E-state index is -0.232. The van der Waals surface area contributed by atoms with Gasteiger partial charge in [0, 0.05) is 19.7 Å². The number of aromatic nitrogens is 1. The molecule has 0 aliphatic heterocycles. The Labute approximate surface area is 103 Å². The van der Waals surface area contributed by atoms with E-state index in [9.17, 15) is 4.79 Å². The quantitative estimate of drug-likeness (QED) is 0.782. The molecule has 1 aliphatic rings. The second kappa shape index (κ2) is 4.87. The van der Waals surface area contributed by atoms with Gasteiger partial charge in [0.05, 0.1) is 0 Å². The molecule has 0 N–H and O–H groups in total. The molecule has 0 amide bonds. The average Bonchev–Trinajstić information content (AvgIpc) is 2.68. The maximum Gasteiger partial charge on any atom is 0.355 e. The number of carbonyl (C=O) groups is 1. The molecule has 16 heavy (non-hydrogen) atoms. The van der Waals surface area contributed by atoms with E-state index < -0.39 is 0 Å². The largest absolute Gasteiger partial charge is 0.457 e. The predicted molar refractivity (Wildman–Crippen MR) is 65.5 cm³/mol. The Hall–Kier alpha value is -1.03. The van der Waals surface area contributed by atoms with Gasteiger partial charge in [0.25, 0.3) is 0 Å². The summed E-state index contributed by atoms with van der Waals surface area (Å²) in [6.45, 7) is 0. The van der Waals surface area contributed by atoms with Gasteiger partial charge in [-0.2, -0.15) is 0 Å². The minimum absolute atomic E-state index is 0.0173. The molecule has 2 rings (SSSR count). The second-order valence-corrected chi connectivity index (χ2v) is 4.98. The Morgan fingerprint density at radius 3 is 3.00 bits per heavy atom. The highest BCUT2D eigenvalue weighted by molar-refractivity contribution is 9.11. The van der Waals surface area contributed by atoms with Crippen molar-refractivity contribution < 1.29 is 9.53 Å². The highest BCUT2D eigenvalue weighted by Crippen LogP contribution is 2.25. The molecule has 86 valence electrons. The lowest BCUT2D eigenvalue weighted by Crippen LogP contribution is -2.21. The molecule has 4 heteroatoms. The number of esters is 1. The van der Waals surface area contributed by atoms with E-state index >= 15 is 0 Å². The summed E-state index contributed by atoms with van der Waals surface area (Å²) in [4.78, 5) is 11.8. The van der Waals surface area contributed by atoms with Crippen LogP contribution in [-0.2, 0) is 11.8 Å². The van der Waals surface area contributed by atoms with Crippen molar-refractivity contribution in [3.8, 4) is 0 Å². The highest BCUT2D eigenvalue weighted by Gasteiger charge is 2.19. The van der Waals surface area contributed by atoms with Crippen LogP contribution in [0.2, 0.25) is 0 Å². The Morgan fingerprint density at radius 1 is 1.62 bits per heavy atom. The first kappa shape index (κ1) is 11.5. The monoisotopic (exact) mass is 283 g/mol. The second-order valence-electron chi connectivity index (χ2n) is 3.96. The van der Waals surface area contributed by atoms with Crippen molar-refractivity contribution in [3.05, 3.63) is 34.6 Å². The van der Waals surface area contributed by atoms with Gasteiger partial charge in [-0.15, -0.1) is 0 Å². The highest BCUT2D eigenvalue weighted by atomic mass is 79.9. The van der Waals surface area contributed by atoms with Crippen LogP contribution in [0.5, 0.6) is 0 Å². The molecule has 1 unspecified atom stereocenters. The first-order chi connectivity index (χ1) is 7.66. The summed E-state index contributed by atoms with van der Waals surface area (Å²) < 4.78 is 8.42. The molecule has 0 spiro atoms. The zero-order chi connectivity index (χ0) is 11.5. The van der Waals surface area contributed by atoms with Crippen molar-refractivity contribution in [3.63, 3.8) is 0 Å². The summed E-state index contributed by atoms with van der Waals surface area (Å²) in [5.74, 6) is -0.232. The van der Waals surface area contributed by atoms with Crippen LogP contribution < -0.4 is 0 Å². The lowest BCUT2D eigenvalue weighted by Gasteiger charge is -2.20. The standard InChI is InChI=1S/C12H14BrNO2/c1-14-8-2-3-11(14)12(15)16-10-6-4-9(13)5-7-10/h2-4,8,10H,5-7H2,1H3. The number of carbonyl (C=O) groups excluding carboxylic acids is 1. The predicted octanol–water partition coefficient (Wildman–Crippen LogP) is 3.01. The number of ether oxygens (including phenoxy) is 1. The van der Waals surface area contributed by atoms with Gasteiger partial charge in [0.1, 0.15) is 11.8 Å². The van der Waals surface area contributed by atoms with E-state index in [0.717, 1.165) is 19.3 Å². The van der Waals surface area contributed by atoms with Crippen LogP contribution in [0.25, 0.3) is 0 Å². The first-order valence-corrected chi connectivity index (χ1v) is 6.13. The van der Waals surface area contributed by atoms with Gasteiger partial charge in [0.2, 0.25) is 0 Å². The Morgan fingerprint density at radius 2 is 2.44 bits per heavy atom. The zero-order valence-electron chi connectivity index (χ0n) is 9.15. The Kier molecular flexibility index (Phi) is 3.49. The van der Waals surface area contributed by atoms with Crippen molar-refractivity contribution in [2.75, 3.05) is 0 Å². The van der Waals surface area contributed by atoms with Crippen LogP contribution in [0.3, 0.4) is 0 Å². The molecular weight excluding hydrogens is 270 g/mol. The molecule has 0 fully saturated rings. The number of allylic oxidation sites excluding steroid dienone is 1. The summed E-state index contributed by atoms with van der Waals surface area (Å²) in [6, 6.07) is 3.62. The van der Waals surface area contributed by atoms with Crippen LogP contribution in [-0.4, -0.2) is 16.6 Å². The van der Waals surface area contributed by atoms with E-state index in [0.29, 0.717) is 5.69 Å². The van der Waals surface area contributed by atoms with Crippen molar-refractivity contribution >= 4 is 21.9 Å².